The Hall–Kier alpha value is -2.78. The van der Waals surface area contributed by atoms with Crippen molar-refractivity contribution in [3.63, 3.8) is 0 Å². The first-order chi connectivity index (χ1) is 14.3. The summed E-state index contributed by atoms with van der Waals surface area (Å²) in [5, 5.41) is 12.2. The van der Waals surface area contributed by atoms with Crippen LogP contribution in [0.25, 0.3) is 0 Å². The molecule has 0 saturated carbocycles. The number of hydrogen-bond donors (Lipinski definition) is 2. The molecule has 1 aromatic heterocycles. The highest BCUT2D eigenvalue weighted by Crippen LogP contribution is 2.28. The van der Waals surface area contributed by atoms with Crippen LogP contribution in [0.1, 0.15) is 53.5 Å². The summed E-state index contributed by atoms with van der Waals surface area (Å²) in [5.41, 5.74) is 1.71. The van der Waals surface area contributed by atoms with E-state index >= 15 is 0 Å². The molecule has 158 valence electrons. The number of carbonyl (C=O) groups excluding carboxylic acids is 1. The van der Waals surface area contributed by atoms with Crippen LogP contribution in [-0.2, 0) is 10.0 Å². The SMILES string of the molecule is CCC(CC)c1nnc(NC(=O)c2cccc(S(=O)(=O)Nc3ccc(C)cc3)c2)s1. The molecule has 0 saturated heterocycles. The van der Waals surface area contributed by atoms with E-state index in [1.807, 2.05) is 19.1 Å². The maximum Gasteiger partial charge on any atom is 0.261 e. The minimum Gasteiger partial charge on any atom is -0.296 e. The van der Waals surface area contributed by atoms with Gasteiger partial charge in [-0.3, -0.25) is 14.8 Å². The zero-order valence-corrected chi connectivity index (χ0v) is 18.7. The van der Waals surface area contributed by atoms with E-state index in [-0.39, 0.29) is 10.5 Å². The first-order valence-corrected chi connectivity index (χ1v) is 12.0. The van der Waals surface area contributed by atoms with Crippen molar-refractivity contribution in [1.82, 2.24) is 10.2 Å². The Kier molecular flexibility index (Phi) is 6.84. The van der Waals surface area contributed by atoms with Crippen LogP contribution in [0.15, 0.2) is 53.4 Å². The van der Waals surface area contributed by atoms with Crippen LogP contribution in [0.2, 0.25) is 0 Å². The molecule has 7 nitrogen and oxygen atoms in total. The van der Waals surface area contributed by atoms with E-state index in [2.05, 4.69) is 34.1 Å². The van der Waals surface area contributed by atoms with E-state index in [9.17, 15) is 13.2 Å². The van der Waals surface area contributed by atoms with E-state index < -0.39 is 15.9 Å². The van der Waals surface area contributed by atoms with Crippen molar-refractivity contribution in [1.29, 1.82) is 0 Å². The minimum atomic E-state index is -3.82. The van der Waals surface area contributed by atoms with Crippen LogP contribution in [-0.4, -0.2) is 24.5 Å². The lowest BCUT2D eigenvalue weighted by Gasteiger charge is -2.09. The minimum absolute atomic E-state index is 0.00529. The normalized spacial score (nSPS) is 11.5. The predicted molar refractivity (Wildman–Crippen MR) is 120 cm³/mol. The lowest BCUT2D eigenvalue weighted by atomic mass is 10.1. The van der Waals surface area contributed by atoms with Gasteiger partial charge in [-0.1, -0.05) is 48.9 Å². The Morgan fingerprint density at radius 3 is 2.43 bits per heavy atom. The van der Waals surface area contributed by atoms with Crippen LogP contribution in [0.4, 0.5) is 10.8 Å². The standard InChI is InChI=1S/C21H24N4O3S2/c1-4-15(5-2)20-23-24-21(29-20)22-19(26)16-7-6-8-18(13-16)30(27,28)25-17-11-9-14(3)10-12-17/h6-13,15,25H,4-5H2,1-3H3,(H,22,24,26). The molecule has 0 atom stereocenters. The van der Waals surface area contributed by atoms with Crippen LogP contribution < -0.4 is 10.0 Å². The van der Waals surface area contributed by atoms with Crippen LogP contribution in [0, 0.1) is 6.92 Å². The van der Waals surface area contributed by atoms with Crippen LogP contribution in [0.3, 0.4) is 0 Å². The van der Waals surface area contributed by atoms with Gasteiger partial charge in [0, 0.05) is 17.2 Å². The number of rotatable bonds is 8. The number of amides is 1. The number of nitrogens with one attached hydrogen (secondary N) is 2. The summed E-state index contributed by atoms with van der Waals surface area (Å²) in [6, 6.07) is 12.9. The summed E-state index contributed by atoms with van der Waals surface area (Å²) in [7, 11) is -3.82. The molecular formula is C21H24N4O3S2. The summed E-state index contributed by atoms with van der Waals surface area (Å²) in [6.07, 6.45) is 1.90. The fourth-order valence-electron chi connectivity index (χ4n) is 2.90. The summed E-state index contributed by atoms with van der Waals surface area (Å²) in [4.78, 5) is 12.6. The van der Waals surface area contributed by atoms with Gasteiger partial charge in [0.1, 0.15) is 5.01 Å². The van der Waals surface area contributed by atoms with Gasteiger partial charge in [-0.25, -0.2) is 8.42 Å². The molecule has 0 bridgehead atoms. The van der Waals surface area contributed by atoms with Gasteiger partial charge in [0.15, 0.2) is 0 Å². The number of aromatic nitrogens is 2. The van der Waals surface area contributed by atoms with Crippen molar-refractivity contribution >= 4 is 38.1 Å². The second-order valence-electron chi connectivity index (χ2n) is 6.91. The average Bonchev–Trinajstić information content (AvgIpc) is 3.19. The highest BCUT2D eigenvalue weighted by molar-refractivity contribution is 7.92. The van der Waals surface area contributed by atoms with Gasteiger partial charge < -0.3 is 0 Å². The first-order valence-electron chi connectivity index (χ1n) is 9.66. The Morgan fingerprint density at radius 1 is 1.07 bits per heavy atom. The molecule has 9 heteroatoms. The van der Waals surface area contributed by atoms with E-state index in [0.717, 1.165) is 23.4 Å². The molecule has 1 amide bonds. The Morgan fingerprint density at radius 2 is 1.77 bits per heavy atom. The zero-order chi connectivity index (χ0) is 21.7. The van der Waals surface area contributed by atoms with Crippen molar-refractivity contribution in [2.75, 3.05) is 10.0 Å². The quantitative estimate of drug-likeness (QED) is 0.519. The molecule has 30 heavy (non-hydrogen) atoms. The average molecular weight is 445 g/mol. The number of anilines is 2. The Bertz CT molecular complexity index is 1120. The van der Waals surface area contributed by atoms with Crippen molar-refractivity contribution in [3.8, 4) is 0 Å². The Labute approximate surface area is 180 Å². The number of sulfonamides is 1. The van der Waals surface area contributed by atoms with Crippen molar-refractivity contribution in [2.45, 2.75) is 44.4 Å². The smallest absolute Gasteiger partial charge is 0.261 e. The van der Waals surface area contributed by atoms with Gasteiger partial charge >= 0.3 is 0 Å². The zero-order valence-electron chi connectivity index (χ0n) is 17.0. The van der Waals surface area contributed by atoms with Crippen molar-refractivity contribution in [3.05, 3.63) is 64.7 Å². The van der Waals surface area contributed by atoms with E-state index in [1.165, 1.54) is 29.5 Å². The third kappa shape index (κ3) is 5.22. The Balaban J connectivity index is 1.76. The number of hydrogen-bond acceptors (Lipinski definition) is 6. The summed E-state index contributed by atoms with van der Waals surface area (Å²) >= 11 is 1.34. The molecule has 0 spiro atoms. The summed E-state index contributed by atoms with van der Waals surface area (Å²) < 4.78 is 27.9. The molecule has 0 aliphatic heterocycles. The van der Waals surface area contributed by atoms with Gasteiger partial charge in [0.25, 0.3) is 15.9 Å². The maximum atomic E-state index is 12.7. The fraction of sp³-hybridized carbons (Fsp3) is 0.286. The third-order valence-electron chi connectivity index (χ3n) is 4.71. The monoisotopic (exact) mass is 444 g/mol. The van der Waals surface area contributed by atoms with E-state index in [1.54, 1.807) is 18.2 Å². The first kappa shape index (κ1) is 21.9. The van der Waals surface area contributed by atoms with Gasteiger partial charge in [0.2, 0.25) is 5.13 Å². The molecule has 3 rings (SSSR count). The van der Waals surface area contributed by atoms with Gasteiger partial charge in [0.05, 0.1) is 4.90 Å². The highest BCUT2D eigenvalue weighted by Gasteiger charge is 2.18. The second-order valence-corrected chi connectivity index (χ2v) is 9.60. The topological polar surface area (TPSA) is 101 Å². The molecule has 3 aromatic rings. The third-order valence-corrected chi connectivity index (χ3v) is 7.09. The highest BCUT2D eigenvalue weighted by atomic mass is 32.2. The molecule has 0 radical (unpaired) electrons. The summed E-state index contributed by atoms with van der Waals surface area (Å²) in [6.45, 7) is 6.10. The lowest BCUT2D eigenvalue weighted by molar-refractivity contribution is 0.102. The molecule has 2 aromatic carbocycles. The fourth-order valence-corrected chi connectivity index (χ4v) is 5.01. The number of benzene rings is 2. The van der Waals surface area contributed by atoms with Crippen LogP contribution >= 0.6 is 11.3 Å². The maximum absolute atomic E-state index is 12.7. The van der Waals surface area contributed by atoms with E-state index in [4.69, 9.17) is 0 Å². The molecule has 0 fully saturated rings. The summed E-state index contributed by atoms with van der Waals surface area (Å²) in [5.74, 6) is -0.121. The van der Waals surface area contributed by atoms with Gasteiger partial charge in [-0.2, -0.15) is 0 Å². The molecular weight excluding hydrogens is 420 g/mol. The number of nitrogens with zero attached hydrogens (tertiary/aromatic N) is 2. The predicted octanol–water partition coefficient (Wildman–Crippen LogP) is 4.80. The molecule has 2 N–H and O–H groups in total. The molecule has 0 aliphatic rings. The van der Waals surface area contributed by atoms with Crippen molar-refractivity contribution in [2.24, 2.45) is 0 Å². The van der Waals surface area contributed by atoms with Gasteiger partial charge in [-0.05, 0) is 50.1 Å². The molecule has 0 aliphatic carbocycles. The molecule has 0 unspecified atom stereocenters. The van der Waals surface area contributed by atoms with Crippen LogP contribution in [0.5, 0.6) is 0 Å². The second kappa shape index (κ2) is 9.36. The van der Waals surface area contributed by atoms with Gasteiger partial charge in [-0.15, -0.1) is 10.2 Å². The lowest BCUT2D eigenvalue weighted by Crippen LogP contribution is -2.16. The van der Waals surface area contributed by atoms with E-state index in [0.29, 0.717) is 16.7 Å². The largest absolute Gasteiger partial charge is 0.296 e. The number of aryl methyl sites for hydroxylation is 1. The molecule has 1 heterocycles. The van der Waals surface area contributed by atoms with Crippen molar-refractivity contribution < 1.29 is 13.2 Å². The number of carbonyl (C=O) groups is 1.